The lowest BCUT2D eigenvalue weighted by molar-refractivity contribution is 0.0695. The Morgan fingerprint density at radius 2 is 2.03 bits per heavy atom. The number of carboxylic acids is 1. The zero-order chi connectivity index (χ0) is 21.4. The van der Waals surface area contributed by atoms with Crippen LogP contribution in [0.3, 0.4) is 0 Å². The van der Waals surface area contributed by atoms with Crippen molar-refractivity contribution in [2.24, 2.45) is 0 Å². The van der Waals surface area contributed by atoms with Gasteiger partial charge in [0.25, 0.3) is 0 Å². The van der Waals surface area contributed by atoms with Crippen LogP contribution in [0.15, 0.2) is 41.3 Å². The summed E-state index contributed by atoms with van der Waals surface area (Å²) in [5.41, 5.74) is -0.0663. The molecule has 0 saturated carbocycles. The van der Waals surface area contributed by atoms with Crippen molar-refractivity contribution in [3.8, 4) is 17.2 Å². The van der Waals surface area contributed by atoms with Gasteiger partial charge in [0, 0.05) is 12.7 Å². The van der Waals surface area contributed by atoms with E-state index in [9.17, 15) is 14.7 Å². The van der Waals surface area contributed by atoms with Crippen molar-refractivity contribution in [2.75, 3.05) is 32.5 Å². The fourth-order valence-electron chi connectivity index (χ4n) is 3.65. The Morgan fingerprint density at radius 1 is 1.27 bits per heavy atom. The van der Waals surface area contributed by atoms with Gasteiger partial charge in [0.1, 0.15) is 16.8 Å². The Labute approximate surface area is 172 Å². The van der Waals surface area contributed by atoms with E-state index < -0.39 is 22.8 Å². The van der Waals surface area contributed by atoms with Crippen molar-refractivity contribution in [3.05, 3.63) is 58.1 Å². The van der Waals surface area contributed by atoms with Gasteiger partial charge in [-0.25, -0.2) is 9.18 Å². The molecule has 4 rings (SSSR count). The number of hydrogen-bond donors (Lipinski definition) is 2. The minimum atomic E-state index is -1.36. The minimum absolute atomic E-state index is 0.0324. The largest absolute Gasteiger partial charge is 0.477 e. The quantitative estimate of drug-likeness (QED) is 0.452. The van der Waals surface area contributed by atoms with Crippen LogP contribution in [0.4, 0.5) is 10.1 Å². The number of hydrogen-bond acceptors (Lipinski definition) is 5. The second kappa shape index (κ2) is 7.79. The van der Waals surface area contributed by atoms with E-state index in [1.165, 1.54) is 6.20 Å². The molecule has 0 spiro atoms. The first kappa shape index (κ1) is 19.9. The van der Waals surface area contributed by atoms with Crippen molar-refractivity contribution < 1.29 is 19.0 Å². The molecule has 0 radical (unpaired) electrons. The van der Waals surface area contributed by atoms with Gasteiger partial charge >= 0.3 is 5.97 Å². The van der Waals surface area contributed by atoms with E-state index in [4.69, 9.17) is 4.74 Å². The summed E-state index contributed by atoms with van der Waals surface area (Å²) >= 11 is 0. The fraction of sp³-hybridized carbons (Fsp3) is 0.273. The molecule has 1 aromatic heterocycles. The average molecular weight is 411 g/mol. The zero-order valence-corrected chi connectivity index (χ0v) is 16.7. The van der Waals surface area contributed by atoms with Crippen molar-refractivity contribution in [3.63, 3.8) is 0 Å². The molecular weight excluding hydrogens is 389 g/mol. The molecule has 2 heterocycles. The van der Waals surface area contributed by atoms with E-state index >= 15 is 4.39 Å². The SMILES string of the molecule is CN(C)CCCCNc1c(F)cc2c(=O)c(C(=O)O)cn3c2c1Oc1ccccc1-3. The molecule has 0 fully saturated rings. The summed E-state index contributed by atoms with van der Waals surface area (Å²) < 4.78 is 22.6. The smallest absolute Gasteiger partial charge is 0.341 e. The molecule has 2 aromatic carbocycles. The van der Waals surface area contributed by atoms with Crippen molar-refractivity contribution >= 4 is 22.6 Å². The molecule has 1 aliphatic heterocycles. The highest BCUT2D eigenvalue weighted by Crippen LogP contribution is 2.44. The summed E-state index contributed by atoms with van der Waals surface area (Å²) in [5, 5.41) is 12.5. The van der Waals surface area contributed by atoms with E-state index in [0.717, 1.165) is 25.5 Å². The maximum Gasteiger partial charge on any atom is 0.341 e. The lowest BCUT2D eigenvalue weighted by Gasteiger charge is -2.26. The highest BCUT2D eigenvalue weighted by atomic mass is 19.1. The van der Waals surface area contributed by atoms with Crippen molar-refractivity contribution in [1.29, 1.82) is 0 Å². The number of nitrogens with zero attached hydrogens (tertiary/aromatic N) is 2. The van der Waals surface area contributed by atoms with Crippen LogP contribution in [0.5, 0.6) is 11.5 Å². The van der Waals surface area contributed by atoms with Crippen LogP contribution in [0, 0.1) is 5.82 Å². The molecule has 0 aliphatic carbocycles. The van der Waals surface area contributed by atoms with E-state index in [2.05, 4.69) is 10.2 Å². The van der Waals surface area contributed by atoms with Gasteiger partial charge in [0.15, 0.2) is 17.3 Å². The molecule has 1 aliphatic rings. The normalized spacial score (nSPS) is 12.0. The number of pyridine rings is 1. The van der Waals surface area contributed by atoms with Crippen LogP contribution < -0.4 is 15.5 Å². The van der Waals surface area contributed by atoms with Crippen LogP contribution in [-0.2, 0) is 0 Å². The van der Waals surface area contributed by atoms with Gasteiger partial charge in [-0.3, -0.25) is 4.79 Å². The third-order valence-electron chi connectivity index (χ3n) is 5.10. The number of para-hydroxylation sites is 2. The summed E-state index contributed by atoms with van der Waals surface area (Å²) in [7, 11) is 3.99. The lowest BCUT2D eigenvalue weighted by atomic mass is 10.1. The Morgan fingerprint density at radius 3 is 2.77 bits per heavy atom. The van der Waals surface area contributed by atoms with E-state index in [1.807, 2.05) is 14.1 Å². The number of fused-ring (bicyclic) bond motifs is 2. The van der Waals surface area contributed by atoms with E-state index in [0.29, 0.717) is 23.5 Å². The Bertz CT molecular complexity index is 1200. The standard InChI is InChI=1S/C22H22FN3O4/c1-25(2)10-6-5-9-24-18-15(23)11-13-19-21(18)30-17-8-4-3-7-16(17)26(19)12-14(20(13)27)22(28)29/h3-4,7-8,11-12,24H,5-6,9-10H2,1-2H3,(H,28,29). The number of benzene rings is 2. The average Bonchev–Trinajstić information content (AvgIpc) is 2.70. The first-order valence-corrected chi connectivity index (χ1v) is 9.69. The van der Waals surface area contributed by atoms with Gasteiger partial charge in [0.05, 0.1) is 11.1 Å². The van der Waals surface area contributed by atoms with Crippen LogP contribution in [-0.4, -0.2) is 47.7 Å². The summed E-state index contributed by atoms with van der Waals surface area (Å²) in [6.07, 6.45) is 3.05. The second-order valence-corrected chi connectivity index (χ2v) is 7.51. The molecule has 156 valence electrons. The van der Waals surface area contributed by atoms with Gasteiger partial charge in [-0.05, 0) is 51.7 Å². The lowest BCUT2D eigenvalue weighted by Crippen LogP contribution is -2.21. The number of nitrogens with one attached hydrogen (secondary N) is 1. The van der Waals surface area contributed by atoms with Gasteiger partial charge in [-0.15, -0.1) is 0 Å². The molecule has 30 heavy (non-hydrogen) atoms. The molecule has 7 nitrogen and oxygen atoms in total. The fourth-order valence-corrected chi connectivity index (χ4v) is 3.65. The Kier molecular flexibility index (Phi) is 5.17. The first-order chi connectivity index (χ1) is 14.4. The number of anilines is 1. The van der Waals surface area contributed by atoms with E-state index in [-0.39, 0.29) is 16.8 Å². The number of carboxylic acid groups (broad SMARTS) is 1. The minimum Gasteiger partial charge on any atom is -0.477 e. The third-order valence-corrected chi connectivity index (χ3v) is 5.10. The maximum absolute atomic E-state index is 15.0. The summed E-state index contributed by atoms with van der Waals surface area (Å²) in [6.45, 7) is 1.46. The highest BCUT2D eigenvalue weighted by Gasteiger charge is 2.28. The van der Waals surface area contributed by atoms with Crippen LogP contribution in [0.1, 0.15) is 23.2 Å². The maximum atomic E-state index is 15.0. The van der Waals surface area contributed by atoms with Gasteiger partial charge in [0.2, 0.25) is 5.43 Å². The molecule has 0 bridgehead atoms. The van der Waals surface area contributed by atoms with Gasteiger partial charge < -0.3 is 24.6 Å². The predicted octanol–water partition coefficient (Wildman–Crippen LogP) is 3.69. The van der Waals surface area contributed by atoms with E-state index in [1.54, 1.807) is 28.8 Å². The van der Waals surface area contributed by atoms with Crippen molar-refractivity contribution in [1.82, 2.24) is 9.47 Å². The number of halogens is 1. The molecular formula is C22H22FN3O4. The Balaban J connectivity index is 1.86. The molecule has 8 heteroatoms. The number of aromatic carboxylic acids is 1. The first-order valence-electron chi connectivity index (χ1n) is 9.69. The number of aromatic nitrogens is 1. The molecule has 2 N–H and O–H groups in total. The molecule has 3 aromatic rings. The van der Waals surface area contributed by atoms with Gasteiger partial charge in [-0.1, -0.05) is 12.1 Å². The Hall–Kier alpha value is -3.39. The third kappa shape index (κ3) is 3.39. The summed E-state index contributed by atoms with van der Waals surface area (Å²) in [4.78, 5) is 26.4. The molecule has 0 atom stereocenters. The molecule has 0 amide bonds. The highest BCUT2D eigenvalue weighted by molar-refractivity contribution is 5.98. The molecule has 0 unspecified atom stereocenters. The molecule has 0 saturated heterocycles. The van der Waals surface area contributed by atoms with Crippen molar-refractivity contribution in [2.45, 2.75) is 12.8 Å². The summed E-state index contributed by atoms with van der Waals surface area (Å²) in [5.74, 6) is -1.38. The number of ether oxygens (including phenoxy) is 1. The second-order valence-electron chi connectivity index (χ2n) is 7.51. The summed E-state index contributed by atoms with van der Waals surface area (Å²) in [6, 6.07) is 8.11. The van der Waals surface area contributed by atoms with Crippen LogP contribution >= 0.6 is 0 Å². The van der Waals surface area contributed by atoms with Gasteiger partial charge in [-0.2, -0.15) is 0 Å². The van der Waals surface area contributed by atoms with Crippen LogP contribution in [0.25, 0.3) is 16.6 Å². The number of unbranched alkanes of at least 4 members (excludes halogenated alkanes) is 1. The number of carbonyl (C=O) groups is 1. The van der Waals surface area contributed by atoms with Crippen LogP contribution in [0.2, 0.25) is 0 Å². The predicted molar refractivity (Wildman–Crippen MR) is 113 cm³/mol. The zero-order valence-electron chi connectivity index (χ0n) is 16.7. The number of rotatable bonds is 7. The topological polar surface area (TPSA) is 83.8 Å². The monoisotopic (exact) mass is 411 g/mol.